The Hall–Kier alpha value is -5.27. The van der Waals surface area contributed by atoms with Crippen molar-refractivity contribution in [2.75, 3.05) is 31.1 Å². The standard InChI is InChI=1S/C35H34N6O6S/c42-35(38-48(45,46)29-9-5-8-27(21-29)41(43)44)31-13-12-26(22-33(31)47-28-20-25-14-15-36-34(25)37-23-28)39-16-18-40(19-17-39)32-11-4-2-7-24-6-1-3-10-30(24)32/h1,3,5-6,8-10,12-15,20-23,32H,2,4,7,11,16-19H2,(H,36,37)(H,38,42)/t32-/m1/s1. The molecule has 1 aliphatic carbocycles. The average Bonchev–Trinajstić information content (AvgIpc) is 3.46. The summed E-state index contributed by atoms with van der Waals surface area (Å²) in [6.45, 7) is 3.27. The first-order valence-corrected chi connectivity index (χ1v) is 17.4. The van der Waals surface area contributed by atoms with Crippen molar-refractivity contribution in [1.82, 2.24) is 19.6 Å². The number of carbonyl (C=O) groups is 1. The number of nitro groups is 1. The number of aryl methyl sites for hydroxylation is 1. The Morgan fingerprint density at radius 2 is 1.81 bits per heavy atom. The molecule has 0 bridgehead atoms. The number of sulfonamides is 1. The molecule has 1 fully saturated rings. The number of nitrogens with one attached hydrogen (secondary N) is 2. The first kappa shape index (κ1) is 31.3. The van der Waals surface area contributed by atoms with Crippen LogP contribution >= 0.6 is 0 Å². The van der Waals surface area contributed by atoms with Crippen LogP contribution in [0.25, 0.3) is 11.0 Å². The molecule has 1 amide bonds. The molecule has 0 unspecified atom stereocenters. The molecule has 1 atom stereocenters. The van der Waals surface area contributed by atoms with Gasteiger partial charge in [0.05, 0.1) is 21.6 Å². The van der Waals surface area contributed by atoms with E-state index >= 15 is 0 Å². The van der Waals surface area contributed by atoms with E-state index in [1.54, 1.807) is 30.5 Å². The maximum Gasteiger partial charge on any atom is 0.270 e. The lowest BCUT2D eigenvalue weighted by Gasteiger charge is -2.40. The second-order valence-electron chi connectivity index (χ2n) is 12.0. The van der Waals surface area contributed by atoms with E-state index in [9.17, 15) is 23.3 Å². The van der Waals surface area contributed by atoms with Crippen molar-refractivity contribution in [3.05, 3.63) is 118 Å². The maximum absolute atomic E-state index is 13.5. The predicted octanol–water partition coefficient (Wildman–Crippen LogP) is 5.97. The molecule has 0 radical (unpaired) electrons. The minimum absolute atomic E-state index is 0.0179. The molecule has 2 aromatic heterocycles. The highest BCUT2D eigenvalue weighted by molar-refractivity contribution is 7.90. The summed E-state index contributed by atoms with van der Waals surface area (Å²) in [6.07, 6.45) is 7.94. The zero-order valence-electron chi connectivity index (χ0n) is 26.0. The van der Waals surface area contributed by atoms with E-state index in [4.69, 9.17) is 4.74 Å². The Labute approximate surface area is 277 Å². The normalized spacial score (nSPS) is 17.0. The number of nitro benzene ring substituents is 1. The van der Waals surface area contributed by atoms with Gasteiger partial charge in [0.25, 0.3) is 21.6 Å². The van der Waals surface area contributed by atoms with Gasteiger partial charge in [0.2, 0.25) is 0 Å². The first-order chi connectivity index (χ1) is 23.2. The summed E-state index contributed by atoms with van der Waals surface area (Å²) in [5.41, 5.74) is 3.96. The largest absolute Gasteiger partial charge is 0.455 e. The van der Waals surface area contributed by atoms with Crippen LogP contribution in [0.5, 0.6) is 11.5 Å². The van der Waals surface area contributed by atoms with Gasteiger partial charge < -0.3 is 14.6 Å². The Balaban J connectivity index is 1.14. The van der Waals surface area contributed by atoms with E-state index in [0.29, 0.717) is 17.4 Å². The third kappa shape index (κ3) is 6.46. The van der Waals surface area contributed by atoms with Gasteiger partial charge in [0, 0.05) is 67.7 Å². The lowest BCUT2D eigenvalue weighted by atomic mass is 9.97. The van der Waals surface area contributed by atoms with Gasteiger partial charge in [-0.1, -0.05) is 36.8 Å². The number of aromatic nitrogens is 2. The lowest BCUT2D eigenvalue weighted by molar-refractivity contribution is -0.385. The van der Waals surface area contributed by atoms with Crippen LogP contribution < -0.4 is 14.4 Å². The maximum atomic E-state index is 13.5. The molecule has 13 heteroatoms. The molecular formula is C35H34N6O6S. The summed E-state index contributed by atoms with van der Waals surface area (Å²) in [5, 5.41) is 12.0. The zero-order chi connectivity index (χ0) is 33.3. The summed E-state index contributed by atoms with van der Waals surface area (Å²) < 4.78 is 34.5. The summed E-state index contributed by atoms with van der Waals surface area (Å²) in [4.78, 5) is 35.9. The van der Waals surface area contributed by atoms with Crippen molar-refractivity contribution in [2.45, 2.75) is 36.6 Å². The van der Waals surface area contributed by atoms with E-state index in [-0.39, 0.29) is 11.3 Å². The molecule has 2 N–H and O–H groups in total. The number of aromatic amines is 1. The van der Waals surface area contributed by atoms with E-state index < -0.39 is 31.4 Å². The van der Waals surface area contributed by atoms with E-state index in [0.717, 1.165) is 56.2 Å². The van der Waals surface area contributed by atoms with Crippen LogP contribution in [0.1, 0.15) is 46.8 Å². The molecule has 1 aliphatic heterocycles. The number of rotatable bonds is 8. The third-order valence-electron chi connectivity index (χ3n) is 9.09. The zero-order valence-corrected chi connectivity index (χ0v) is 26.9. The molecule has 0 saturated carbocycles. The van der Waals surface area contributed by atoms with E-state index in [1.807, 2.05) is 6.07 Å². The lowest BCUT2D eigenvalue weighted by Crippen LogP contribution is -2.47. The van der Waals surface area contributed by atoms with Gasteiger partial charge >= 0.3 is 0 Å². The topological polar surface area (TPSA) is 151 Å². The average molecular weight is 667 g/mol. The number of hydrogen-bond donors (Lipinski definition) is 2. The van der Waals surface area contributed by atoms with Gasteiger partial charge in [0.1, 0.15) is 17.1 Å². The summed E-state index contributed by atoms with van der Waals surface area (Å²) in [7, 11) is -4.44. The van der Waals surface area contributed by atoms with Crippen molar-refractivity contribution in [3.63, 3.8) is 0 Å². The smallest absolute Gasteiger partial charge is 0.270 e. The number of non-ortho nitro benzene ring substituents is 1. The number of H-pyrrole nitrogens is 1. The molecule has 5 aromatic rings. The monoisotopic (exact) mass is 666 g/mol. The van der Waals surface area contributed by atoms with Crippen LogP contribution in [0.4, 0.5) is 11.4 Å². The van der Waals surface area contributed by atoms with Crippen LogP contribution in [0.15, 0.2) is 96.2 Å². The van der Waals surface area contributed by atoms with Crippen molar-refractivity contribution >= 4 is 38.3 Å². The predicted molar refractivity (Wildman–Crippen MR) is 181 cm³/mol. The van der Waals surface area contributed by atoms with Gasteiger partial charge in [-0.05, 0) is 60.7 Å². The Kier molecular flexibility index (Phi) is 8.54. The molecule has 246 valence electrons. The molecular weight excluding hydrogens is 632 g/mol. The minimum Gasteiger partial charge on any atom is -0.455 e. The highest BCUT2D eigenvalue weighted by Crippen LogP contribution is 2.36. The van der Waals surface area contributed by atoms with Crippen molar-refractivity contribution < 1.29 is 22.9 Å². The number of nitrogens with zero attached hydrogens (tertiary/aromatic N) is 4. The van der Waals surface area contributed by atoms with Crippen molar-refractivity contribution in [1.29, 1.82) is 0 Å². The number of amides is 1. The number of ether oxygens (including phenoxy) is 1. The fourth-order valence-corrected chi connectivity index (χ4v) is 7.65. The summed E-state index contributed by atoms with van der Waals surface area (Å²) in [6, 6.07) is 22.4. The number of anilines is 1. The number of piperazine rings is 1. The Morgan fingerprint density at radius 1 is 0.979 bits per heavy atom. The van der Waals surface area contributed by atoms with Gasteiger partial charge in [-0.2, -0.15) is 0 Å². The van der Waals surface area contributed by atoms with Crippen LogP contribution in [-0.4, -0.2) is 60.3 Å². The number of benzene rings is 3. The van der Waals surface area contributed by atoms with Crippen LogP contribution in [0.2, 0.25) is 0 Å². The number of pyridine rings is 1. The quantitative estimate of drug-likeness (QED) is 0.116. The summed E-state index contributed by atoms with van der Waals surface area (Å²) in [5.74, 6) is -0.418. The molecule has 0 spiro atoms. The van der Waals surface area contributed by atoms with Crippen LogP contribution in [0, 0.1) is 10.1 Å². The molecule has 7 rings (SSSR count). The number of fused-ring (bicyclic) bond motifs is 2. The molecule has 3 aromatic carbocycles. The van der Waals surface area contributed by atoms with E-state index in [1.165, 1.54) is 48.4 Å². The van der Waals surface area contributed by atoms with E-state index in [2.05, 4.69) is 48.8 Å². The third-order valence-corrected chi connectivity index (χ3v) is 10.4. The highest BCUT2D eigenvalue weighted by atomic mass is 32.2. The fourth-order valence-electron chi connectivity index (χ4n) is 6.65. The van der Waals surface area contributed by atoms with Gasteiger partial charge in [-0.25, -0.2) is 18.1 Å². The van der Waals surface area contributed by atoms with Gasteiger partial charge in [-0.3, -0.25) is 19.8 Å². The minimum atomic E-state index is -4.44. The highest BCUT2D eigenvalue weighted by Gasteiger charge is 2.29. The summed E-state index contributed by atoms with van der Waals surface area (Å²) >= 11 is 0. The molecule has 12 nitrogen and oxygen atoms in total. The van der Waals surface area contributed by atoms with Crippen molar-refractivity contribution in [2.24, 2.45) is 0 Å². The second-order valence-corrected chi connectivity index (χ2v) is 13.7. The Bertz CT molecular complexity index is 2110. The molecule has 48 heavy (non-hydrogen) atoms. The molecule has 3 heterocycles. The van der Waals surface area contributed by atoms with Gasteiger partial charge in [-0.15, -0.1) is 0 Å². The molecule has 1 saturated heterocycles. The SMILES string of the molecule is O=C(NS(=O)(=O)c1cccc([N+](=O)[O-])c1)c1ccc(N2CCN([C@@H]3CCCCc4ccccc43)CC2)cc1Oc1cnc2[nH]ccc2c1. The molecule has 2 aliphatic rings. The number of carbonyl (C=O) groups excluding carboxylic acids is 1. The van der Waals surface area contributed by atoms with Crippen molar-refractivity contribution in [3.8, 4) is 11.5 Å². The number of hydrogen-bond acceptors (Lipinski definition) is 9. The first-order valence-electron chi connectivity index (χ1n) is 15.9. The second kappa shape index (κ2) is 13.1. The fraction of sp³-hybridized carbons (Fsp3) is 0.257. The van der Waals surface area contributed by atoms with Crippen LogP contribution in [-0.2, 0) is 16.4 Å². The van der Waals surface area contributed by atoms with Crippen LogP contribution in [0.3, 0.4) is 0 Å². The Morgan fingerprint density at radius 3 is 2.65 bits per heavy atom. The van der Waals surface area contributed by atoms with Gasteiger partial charge in [0.15, 0.2) is 0 Å².